The first-order valence-electron chi connectivity index (χ1n) is 6.05. The normalized spacial score (nSPS) is 19.4. The Morgan fingerprint density at radius 2 is 2.47 bits per heavy atom. The van der Waals surface area contributed by atoms with E-state index < -0.39 is 0 Å². The predicted octanol–water partition coefficient (Wildman–Crippen LogP) is 0.720. The van der Waals surface area contributed by atoms with E-state index >= 15 is 0 Å². The van der Waals surface area contributed by atoms with E-state index in [4.69, 9.17) is 0 Å². The van der Waals surface area contributed by atoms with Gasteiger partial charge < -0.3 is 10.2 Å². The Morgan fingerprint density at radius 1 is 1.53 bits per heavy atom. The van der Waals surface area contributed by atoms with Gasteiger partial charge in [-0.15, -0.1) is 5.10 Å². The standard InChI is InChI=1S/C12H13N5OS/c18-12(10-8-19-16-15-10)17-5-4-14-7-11(17)9-2-1-3-13-6-9/h1-3,6,8,11,14H,4-5,7H2. The minimum absolute atomic E-state index is 0.00310. The summed E-state index contributed by atoms with van der Waals surface area (Å²) in [6.07, 6.45) is 3.54. The SMILES string of the molecule is O=C(c1csnn1)N1CCNCC1c1cccnc1. The average molecular weight is 275 g/mol. The highest BCUT2D eigenvalue weighted by atomic mass is 32.1. The van der Waals surface area contributed by atoms with Crippen LogP contribution in [-0.2, 0) is 0 Å². The zero-order chi connectivity index (χ0) is 13.1. The minimum atomic E-state index is -0.0656. The van der Waals surface area contributed by atoms with E-state index in [0.29, 0.717) is 12.2 Å². The summed E-state index contributed by atoms with van der Waals surface area (Å²) in [4.78, 5) is 18.4. The fourth-order valence-electron chi connectivity index (χ4n) is 2.22. The van der Waals surface area contributed by atoms with E-state index in [9.17, 15) is 4.79 Å². The molecule has 0 aliphatic carbocycles. The molecule has 1 N–H and O–H groups in total. The van der Waals surface area contributed by atoms with Gasteiger partial charge in [-0.3, -0.25) is 9.78 Å². The van der Waals surface area contributed by atoms with Gasteiger partial charge in [0.1, 0.15) is 0 Å². The lowest BCUT2D eigenvalue weighted by atomic mass is 10.1. The third kappa shape index (κ3) is 2.47. The Hall–Kier alpha value is -1.86. The molecule has 3 heterocycles. The van der Waals surface area contributed by atoms with Crippen molar-refractivity contribution in [3.63, 3.8) is 0 Å². The molecule has 3 rings (SSSR count). The number of hydrogen-bond acceptors (Lipinski definition) is 6. The quantitative estimate of drug-likeness (QED) is 0.874. The van der Waals surface area contributed by atoms with Gasteiger partial charge in [0, 0.05) is 37.4 Å². The molecule has 1 saturated heterocycles. The highest BCUT2D eigenvalue weighted by Crippen LogP contribution is 2.23. The highest BCUT2D eigenvalue weighted by molar-refractivity contribution is 7.03. The van der Waals surface area contributed by atoms with Crippen LogP contribution in [-0.4, -0.2) is 45.0 Å². The monoisotopic (exact) mass is 275 g/mol. The lowest BCUT2D eigenvalue weighted by Gasteiger charge is -2.35. The van der Waals surface area contributed by atoms with Crippen molar-refractivity contribution in [1.29, 1.82) is 0 Å². The number of aromatic nitrogens is 3. The maximum atomic E-state index is 12.4. The van der Waals surface area contributed by atoms with Crippen molar-refractivity contribution < 1.29 is 4.79 Å². The molecule has 0 spiro atoms. The molecule has 98 valence electrons. The molecule has 1 amide bonds. The molecular weight excluding hydrogens is 262 g/mol. The molecule has 2 aromatic rings. The summed E-state index contributed by atoms with van der Waals surface area (Å²) >= 11 is 1.19. The maximum Gasteiger partial charge on any atom is 0.275 e. The molecule has 7 heteroatoms. The van der Waals surface area contributed by atoms with Crippen LogP contribution < -0.4 is 5.32 Å². The van der Waals surface area contributed by atoms with E-state index in [1.165, 1.54) is 11.5 Å². The fourth-order valence-corrected chi connectivity index (χ4v) is 2.65. The van der Waals surface area contributed by atoms with E-state index in [1.807, 2.05) is 17.0 Å². The predicted molar refractivity (Wildman–Crippen MR) is 70.8 cm³/mol. The zero-order valence-electron chi connectivity index (χ0n) is 10.2. The highest BCUT2D eigenvalue weighted by Gasteiger charge is 2.29. The average Bonchev–Trinajstić information content (AvgIpc) is 3.02. The number of pyridine rings is 1. The van der Waals surface area contributed by atoms with Gasteiger partial charge >= 0.3 is 0 Å². The van der Waals surface area contributed by atoms with Gasteiger partial charge in [-0.25, -0.2) is 0 Å². The molecule has 1 unspecified atom stereocenters. The van der Waals surface area contributed by atoms with Gasteiger partial charge in [-0.2, -0.15) is 0 Å². The van der Waals surface area contributed by atoms with Crippen molar-refractivity contribution in [2.45, 2.75) is 6.04 Å². The lowest BCUT2D eigenvalue weighted by Crippen LogP contribution is -2.48. The fraction of sp³-hybridized carbons (Fsp3) is 0.333. The summed E-state index contributed by atoms with van der Waals surface area (Å²) in [7, 11) is 0. The molecule has 0 bridgehead atoms. The second kappa shape index (κ2) is 5.41. The molecule has 6 nitrogen and oxygen atoms in total. The van der Waals surface area contributed by atoms with Crippen molar-refractivity contribution >= 4 is 17.4 Å². The molecule has 1 atom stereocenters. The van der Waals surface area contributed by atoms with Gasteiger partial charge in [-0.05, 0) is 23.2 Å². The first kappa shape index (κ1) is 12.2. The van der Waals surface area contributed by atoms with Crippen molar-refractivity contribution in [2.24, 2.45) is 0 Å². The van der Waals surface area contributed by atoms with Crippen LogP contribution in [0.3, 0.4) is 0 Å². The van der Waals surface area contributed by atoms with Crippen molar-refractivity contribution in [1.82, 2.24) is 24.8 Å². The third-order valence-corrected chi connectivity index (χ3v) is 3.66. The van der Waals surface area contributed by atoms with E-state index in [1.54, 1.807) is 17.8 Å². The Labute approximate surface area is 114 Å². The molecule has 19 heavy (non-hydrogen) atoms. The molecule has 0 radical (unpaired) electrons. The minimum Gasteiger partial charge on any atom is -0.328 e. The Balaban J connectivity index is 1.87. The van der Waals surface area contributed by atoms with Gasteiger partial charge in [0.05, 0.1) is 6.04 Å². The van der Waals surface area contributed by atoms with Crippen molar-refractivity contribution in [3.05, 3.63) is 41.2 Å². The number of rotatable bonds is 2. The lowest BCUT2D eigenvalue weighted by molar-refractivity contribution is 0.0628. The van der Waals surface area contributed by atoms with E-state index in [2.05, 4.69) is 19.9 Å². The number of nitrogens with zero attached hydrogens (tertiary/aromatic N) is 4. The Bertz CT molecular complexity index is 545. The number of carbonyl (C=O) groups is 1. The summed E-state index contributed by atoms with van der Waals surface area (Å²) in [5.41, 5.74) is 1.45. The molecule has 1 aliphatic heterocycles. The number of nitrogens with one attached hydrogen (secondary N) is 1. The third-order valence-electron chi connectivity index (χ3n) is 3.15. The van der Waals surface area contributed by atoms with Crippen molar-refractivity contribution in [3.8, 4) is 0 Å². The smallest absolute Gasteiger partial charge is 0.275 e. The molecule has 2 aromatic heterocycles. The van der Waals surface area contributed by atoms with Gasteiger partial charge in [0.2, 0.25) is 0 Å². The zero-order valence-corrected chi connectivity index (χ0v) is 11.0. The van der Waals surface area contributed by atoms with E-state index in [0.717, 1.165) is 18.7 Å². The van der Waals surface area contributed by atoms with Gasteiger partial charge in [-0.1, -0.05) is 10.6 Å². The number of carbonyl (C=O) groups excluding carboxylic acids is 1. The van der Waals surface area contributed by atoms with E-state index in [-0.39, 0.29) is 11.9 Å². The Morgan fingerprint density at radius 3 is 3.21 bits per heavy atom. The summed E-state index contributed by atoms with van der Waals surface area (Å²) in [6, 6.07) is 3.87. The van der Waals surface area contributed by atoms with Crippen LogP contribution in [0.15, 0.2) is 29.9 Å². The second-order valence-corrected chi connectivity index (χ2v) is 4.90. The van der Waals surface area contributed by atoms with Gasteiger partial charge in [0.15, 0.2) is 5.69 Å². The molecule has 1 fully saturated rings. The number of amides is 1. The van der Waals surface area contributed by atoms with Crippen LogP contribution in [0.5, 0.6) is 0 Å². The Kier molecular flexibility index (Phi) is 3.47. The first-order valence-corrected chi connectivity index (χ1v) is 6.88. The van der Waals surface area contributed by atoms with Crippen molar-refractivity contribution in [2.75, 3.05) is 19.6 Å². The number of piperazine rings is 1. The van der Waals surface area contributed by atoms with Crippen LogP contribution >= 0.6 is 11.5 Å². The molecule has 0 saturated carbocycles. The molecule has 1 aliphatic rings. The number of hydrogen-bond donors (Lipinski definition) is 1. The van der Waals surface area contributed by atoms with Crippen LogP contribution in [0.4, 0.5) is 0 Å². The summed E-state index contributed by atoms with van der Waals surface area (Å²) < 4.78 is 3.75. The van der Waals surface area contributed by atoms with Gasteiger partial charge in [0.25, 0.3) is 5.91 Å². The van der Waals surface area contributed by atoms with Crippen LogP contribution in [0, 0.1) is 0 Å². The summed E-state index contributed by atoms with van der Waals surface area (Å²) in [6.45, 7) is 2.19. The topological polar surface area (TPSA) is 71.0 Å². The molecule has 0 aromatic carbocycles. The second-order valence-electron chi connectivity index (χ2n) is 4.29. The van der Waals surface area contributed by atoms with Crippen LogP contribution in [0.2, 0.25) is 0 Å². The summed E-state index contributed by atoms with van der Waals surface area (Å²) in [5, 5.41) is 8.85. The summed E-state index contributed by atoms with van der Waals surface area (Å²) in [5.74, 6) is -0.0656. The largest absolute Gasteiger partial charge is 0.328 e. The first-order chi connectivity index (χ1) is 9.36. The maximum absolute atomic E-state index is 12.4. The van der Waals surface area contributed by atoms with Crippen LogP contribution in [0.1, 0.15) is 22.1 Å². The van der Waals surface area contributed by atoms with Crippen LogP contribution in [0.25, 0.3) is 0 Å². The molecular formula is C12H13N5OS.